The molecule has 0 bridgehead atoms. The lowest BCUT2D eigenvalue weighted by molar-refractivity contribution is -0.117. The van der Waals surface area contributed by atoms with Gasteiger partial charge in [-0.1, -0.05) is 25.1 Å². The second kappa shape index (κ2) is 10.4. The summed E-state index contributed by atoms with van der Waals surface area (Å²) in [5, 5.41) is 3.11. The van der Waals surface area contributed by atoms with E-state index in [1.807, 2.05) is 48.8 Å². The summed E-state index contributed by atoms with van der Waals surface area (Å²) in [5.41, 5.74) is 2.95. The van der Waals surface area contributed by atoms with Crippen molar-refractivity contribution >= 4 is 23.0 Å². The van der Waals surface area contributed by atoms with E-state index in [4.69, 9.17) is 9.47 Å². The fourth-order valence-corrected chi connectivity index (χ4v) is 4.18. The number of fused-ring (bicyclic) bond motifs is 1. The van der Waals surface area contributed by atoms with Gasteiger partial charge in [0.1, 0.15) is 6.61 Å². The summed E-state index contributed by atoms with van der Waals surface area (Å²) >= 11 is 0. The summed E-state index contributed by atoms with van der Waals surface area (Å²) in [6, 6.07) is 14.0. The van der Waals surface area contributed by atoms with Crippen molar-refractivity contribution < 1.29 is 14.3 Å². The molecule has 1 amide bonds. The van der Waals surface area contributed by atoms with Crippen molar-refractivity contribution in [1.29, 1.82) is 0 Å². The number of nitrogens with zero attached hydrogens (tertiary/aromatic N) is 2. The Bertz CT molecular complexity index is 1080. The maximum Gasteiger partial charge on any atom is 0.244 e. The van der Waals surface area contributed by atoms with Gasteiger partial charge in [-0.2, -0.15) is 0 Å². The summed E-state index contributed by atoms with van der Waals surface area (Å²) in [7, 11) is 1.62. The van der Waals surface area contributed by atoms with Crippen molar-refractivity contribution in [2.45, 2.75) is 45.2 Å². The molecule has 3 aromatic rings. The fraction of sp³-hybridized carbons (Fsp3) is 0.385. The van der Waals surface area contributed by atoms with E-state index in [0.717, 1.165) is 35.4 Å². The van der Waals surface area contributed by atoms with Crippen LogP contribution in [0.4, 0.5) is 0 Å². The Hall–Kier alpha value is -3.28. The van der Waals surface area contributed by atoms with Crippen LogP contribution in [0.1, 0.15) is 38.2 Å². The highest BCUT2D eigenvalue weighted by molar-refractivity contribution is 5.92. The molecule has 0 unspecified atom stereocenters. The Morgan fingerprint density at radius 3 is 2.78 bits per heavy atom. The molecule has 6 heteroatoms. The maximum absolute atomic E-state index is 12.3. The van der Waals surface area contributed by atoms with Crippen molar-refractivity contribution in [1.82, 2.24) is 14.9 Å². The largest absolute Gasteiger partial charge is 0.493 e. The third-order valence-electron chi connectivity index (χ3n) is 6.09. The number of carbonyl (C=O) groups is 1. The summed E-state index contributed by atoms with van der Waals surface area (Å²) in [6.07, 6.45) is 9.74. The topological polar surface area (TPSA) is 65.4 Å². The molecule has 1 saturated carbocycles. The number of amides is 1. The average molecular weight is 434 g/mol. The molecule has 168 valence electrons. The van der Waals surface area contributed by atoms with Gasteiger partial charge in [-0.25, -0.2) is 4.98 Å². The van der Waals surface area contributed by atoms with Crippen LogP contribution in [-0.2, 0) is 11.3 Å². The van der Waals surface area contributed by atoms with E-state index < -0.39 is 0 Å². The van der Waals surface area contributed by atoms with Gasteiger partial charge in [0.05, 0.1) is 31.0 Å². The van der Waals surface area contributed by atoms with Gasteiger partial charge in [-0.15, -0.1) is 0 Å². The lowest BCUT2D eigenvalue weighted by Gasteiger charge is -2.26. The number of imidazole rings is 1. The normalized spacial score (nSPS) is 18.7. The zero-order chi connectivity index (χ0) is 22.3. The third-order valence-corrected chi connectivity index (χ3v) is 6.09. The number of hydrogen-bond acceptors (Lipinski definition) is 4. The van der Waals surface area contributed by atoms with Crippen LogP contribution < -0.4 is 14.8 Å². The highest BCUT2D eigenvalue weighted by Gasteiger charge is 2.18. The summed E-state index contributed by atoms with van der Waals surface area (Å²) in [5.74, 6) is 2.04. The first-order chi connectivity index (χ1) is 15.6. The van der Waals surface area contributed by atoms with E-state index in [2.05, 4.69) is 27.9 Å². The van der Waals surface area contributed by atoms with Crippen molar-refractivity contribution in [3.63, 3.8) is 0 Å². The van der Waals surface area contributed by atoms with E-state index in [1.54, 1.807) is 13.2 Å². The number of nitrogens with one attached hydrogen (secondary N) is 1. The van der Waals surface area contributed by atoms with Crippen LogP contribution in [-0.4, -0.2) is 35.2 Å². The van der Waals surface area contributed by atoms with Gasteiger partial charge < -0.3 is 19.4 Å². The molecule has 1 aromatic heterocycles. The lowest BCUT2D eigenvalue weighted by atomic mass is 9.87. The minimum absolute atomic E-state index is 0.0450. The molecule has 1 fully saturated rings. The quantitative estimate of drug-likeness (QED) is 0.517. The maximum atomic E-state index is 12.3. The Balaban J connectivity index is 1.32. The van der Waals surface area contributed by atoms with Gasteiger partial charge in [0.15, 0.2) is 11.5 Å². The number of ether oxygens (including phenoxy) is 2. The van der Waals surface area contributed by atoms with Crippen molar-refractivity contribution in [2.75, 3.05) is 13.7 Å². The molecule has 6 nitrogen and oxygen atoms in total. The molecule has 0 spiro atoms. The van der Waals surface area contributed by atoms with Crippen LogP contribution in [0, 0.1) is 5.92 Å². The first kappa shape index (κ1) is 21.9. The number of rotatable bonds is 8. The number of benzene rings is 2. The summed E-state index contributed by atoms with van der Waals surface area (Å²) < 4.78 is 13.5. The van der Waals surface area contributed by atoms with Crippen molar-refractivity contribution in [2.24, 2.45) is 5.92 Å². The molecule has 1 aliphatic rings. The summed E-state index contributed by atoms with van der Waals surface area (Å²) in [4.78, 5) is 16.7. The second-order valence-corrected chi connectivity index (χ2v) is 8.48. The molecule has 4 rings (SSSR count). The van der Waals surface area contributed by atoms with Crippen LogP contribution in [0.25, 0.3) is 17.1 Å². The zero-order valence-corrected chi connectivity index (χ0v) is 18.8. The molecule has 32 heavy (non-hydrogen) atoms. The van der Waals surface area contributed by atoms with Gasteiger partial charge in [0, 0.05) is 12.1 Å². The van der Waals surface area contributed by atoms with Crippen LogP contribution in [0.3, 0.4) is 0 Å². The fourth-order valence-electron chi connectivity index (χ4n) is 4.18. The van der Waals surface area contributed by atoms with Gasteiger partial charge in [-0.3, -0.25) is 4.79 Å². The zero-order valence-electron chi connectivity index (χ0n) is 18.8. The monoisotopic (exact) mass is 433 g/mol. The van der Waals surface area contributed by atoms with E-state index in [9.17, 15) is 4.79 Å². The second-order valence-electron chi connectivity index (χ2n) is 8.48. The molecule has 1 N–H and O–H groups in total. The van der Waals surface area contributed by atoms with E-state index >= 15 is 0 Å². The molecular weight excluding hydrogens is 402 g/mol. The lowest BCUT2D eigenvalue weighted by Crippen LogP contribution is -2.36. The van der Waals surface area contributed by atoms with Crippen LogP contribution in [0.15, 0.2) is 54.9 Å². The van der Waals surface area contributed by atoms with Crippen molar-refractivity contribution in [3.8, 4) is 11.5 Å². The first-order valence-electron chi connectivity index (χ1n) is 11.3. The predicted octanol–water partition coefficient (Wildman–Crippen LogP) is 4.83. The van der Waals surface area contributed by atoms with E-state index in [1.165, 1.54) is 12.8 Å². The van der Waals surface area contributed by atoms with E-state index in [-0.39, 0.29) is 5.91 Å². The molecule has 0 saturated heterocycles. The molecule has 1 aliphatic carbocycles. The molecule has 1 heterocycles. The Morgan fingerprint density at radius 1 is 1.16 bits per heavy atom. The SMILES string of the molecule is COc1cc(/C=C/C(=O)NC2CCC(C)CC2)ccc1OCCn1cnc2ccccc21. The molecule has 0 radical (unpaired) electrons. The van der Waals surface area contributed by atoms with Gasteiger partial charge in [0.2, 0.25) is 5.91 Å². The van der Waals surface area contributed by atoms with Gasteiger partial charge >= 0.3 is 0 Å². The minimum atomic E-state index is -0.0450. The third kappa shape index (κ3) is 5.49. The Kier molecular flexibility index (Phi) is 7.10. The number of para-hydroxylation sites is 2. The smallest absolute Gasteiger partial charge is 0.244 e. The molecular formula is C26H31N3O3. The van der Waals surface area contributed by atoms with Crippen LogP contribution in [0.2, 0.25) is 0 Å². The van der Waals surface area contributed by atoms with Gasteiger partial charge in [0.25, 0.3) is 0 Å². The number of hydrogen-bond donors (Lipinski definition) is 1. The standard InChI is InChI=1S/C26H31N3O3/c1-19-7-11-21(12-8-19)28-26(30)14-10-20-9-13-24(25(17-20)31-2)32-16-15-29-18-27-22-5-3-4-6-23(22)29/h3-6,9-10,13-14,17-19,21H,7-8,11-12,15-16H2,1-2H3,(H,28,30)/b14-10+. The van der Waals surface area contributed by atoms with Crippen LogP contribution >= 0.6 is 0 Å². The Labute approximate surface area is 189 Å². The Morgan fingerprint density at radius 2 is 1.97 bits per heavy atom. The first-order valence-corrected chi connectivity index (χ1v) is 11.3. The number of methoxy groups -OCH3 is 1. The number of carbonyl (C=O) groups excluding carboxylic acids is 1. The number of aromatic nitrogens is 2. The highest BCUT2D eigenvalue weighted by atomic mass is 16.5. The summed E-state index contributed by atoms with van der Waals surface area (Å²) in [6.45, 7) is 3.46. The average Bonchev–Trinajstić information content (AvgIpc) is 3.23. The van der Waals surface area contributed by atoms with Crippen molar-refractivity contribution in [3.05, 3.63) is 60.4 Å². The molecule has 0 atom stereocenters. The van der Waals surface area contributed by atoms with Gasteiger partial charge in [-0.05, 0) is 67.5 Å². The molecule has 0 aliphatic heterocycles. The molecule has 2 aromatic carbocycles. The van der Waals surface area contributed by atoms with Crippen LogP contribution in [0.5, 0.6) is 11.5 Å². The van der Waals surface area contributed by atoms with E-state index in [0.29, 0.717) is 30.7 Å². The minimum Gasteiger partial charge on any atom is -0.493 e. The predicted molar refractivity (Wildman–Crippen MR) is 127 cm³/mol. The highest BCUT2D eigenvalue weighted by Crippen LogP contribution is 2.29.